The summed E-state index contributed by atoms with van der Waals surface area (Å²) < 4.78 is 5.57. The van der Waals surface area contributed by atoms with Gasteiger partial charge in [0, 0.05) is 12.2 Å². The van der Waals surface area contributed by atoms with Crippen LogP contribution in [-0.2, 0) is 0 Å². The van der Waals surface area contributed by atoms with E-state index in [1.807, 2.05) is 13.1 Å². The number of nitrogens with one attached hydrogen (secondary N) is 1. The number of nitrogens with zero attached hydrogens (tertiary/aromatic N) is 1. The van der Waals surface area contributed by atoms with E-state index < -0.39 is 0 Å². The summed E-state index contributed by atoms with van der Waals surface area (Å²) in [5.74, 6) is 0.879. The summed E-state index contributed by atoms with van der Waals surface area (Å²) in [4.78, 5) is 4.32. The molecule has 0 aromatic carbocycles. The van der Waals surface area contributed by atoms with Gasteiger partial charge in [-0.1, -0.05) is 46.0 Å². The molecule has 0 saturated carbocycles. The third-order valence-electron chi connectivity index (χ3n) is 3.68. The minimum Gasteiger partial charge on any atom is -0.492 e. The van der Waals surface area contributed by atoms with E-state index in [1.165, 1.54) is 44.1 Å². The molecule has 0 spiro atoms. The molecular weight excluding hydrogens is 260 g/mol. The molecule has 1 atom stereocenters. The van der Waals surface area contributed by atoms with E-state index in [2.05, 4.69) is 30.2 Å². The van der Waals surface area contributed by atoms with E-state index in [9.17, 15) is 0 Å². The molecule has 1 unspecified atom stereocenters. The lowest BCUT2D eigenvalue weighted by molar-refractivity contribution is 0.337. The predicted octanol–water partition coefficient (Wildman–Crippen LogP) is 4.88. The second kappa shape index (κ2) is 11.6. The SMILES string of the molecule is CCCCCCCC(NCCC)c1cncc(OCC)c1. The first-order valence-electron chi connectivity index (χ1n) is 8.62. The lowest BCUT2D eigenvalue weighted by atomic mass is 10.0. The molecule has 1 aromatic rings. The standard InChI is InChI=1S/C18H32N2O/c1-4-7-8-9-10-11-18(20-12-5-2)16-13-17(21-6-3)15-19-14-16/h13-15,18,20H,4-12H2,1-3H3. The molecule has 1 rings (SSSR count). The Morgan fingerprint density at radius 3 is 2.57 bits per heavy atom. The number of hydrogen-bond donors (Lipinski definition) is 1. The second-order valence-electron chi connectivity index (χ2n) is 5.60. The van der Waals surface area contributed by atoms with Gasteiger partial charge in [0.1, 0.15) is 5.75 Å². The first-order chi connectivity index (χ1) is 10.3. The monoisotopic (exact) mass is 292 g/mol. The molecule has 1 N–H and O–H groups in total. The summed E-state index contributed by atoms with van der Waals surface area (Å²) in [5, 5.41) is 3.65. The van der Waals surface area contributed by atoms with E-state index in [-0.39, 0.29) is 0 Å². The van der Waals surface area contributed by atoms with Crippen LogP contribution >= 0.6 is 0 Å². The van der Waals surface area contributed by atoms with Gasteiger partial charge in [0.05, 0.1) is 12.8 Å². The van der Waals surface area contributed by atoms with E-state index in [0.29, 0.717) is 12.6 Å². The average molecular weight is 292 g/mol. The van der Waals surface area contributed by atoms with E-state index >= 15 is 0 Å². The summed E-state index contributed by atoms with van der Waals surface area (Å²) in [6.45, 7) is 8.22. The van der Waals surface area contributed by atoms with Crippen molar-refractivity contribution in [1.82, 2.24) is 10.3 Å². The molecule has 0 fully saturated rings. The van der Waals surface area contributed by atoms with Crippen LogP contribution in [0.1, 0.15) is 77.3 Å². The highest BCUT2D eigenvalue weighted by Gasteiger charge is 2.11. The molecule has 21 heavy (non-hydrogen) atoms. The minimum absolute atomic E-state index is 0.402. The van der Waals surface area contributed by atoms with Crippen LogP contribution in [0.4, 0.5) is 0 Å². The molecule has 0 saturated heterocycles. The first-order valence-corrected chi connectivity index (χ1v) is 8.62. The highest BCUT2D eigenvalue weighted by molar-refractivity contribution is 5.26. The molecule has 120 valence electrons. The van der Waals surface area contributed by atoms with Crippen molar-refractivity contribution in [2.75, 3.05) is 13.2 Å². The molecule has 0 aliphatic heterocycles. The van der Waals surface area contributed by atoms with Gasteiger partial charge in [-0.05, 0) is 37.9 Å². The maximum atomic E-state index is 5.57. The molecular formula is C18H32N2O. The molecule has 3 nitrogen and oxygen atoms in total. The van der Waals surface area contributed by atoms with Crippen LogP contribution in [0.25, 0.3) is 0 Å². The number of aromatic nitrogens is 1. The second-order valence-corrected chi connectivity index (χ2v) is 5.60. The molecule has 0 radical (unpaired) electrons. The highest BCUT2D eigenvalue weighted by atomic mass is 16.5. The summed E-state index contributed by atoms with van der Waals surface area (Å²) in [6.07, 6.45) is 12.7. The van der Waals surface area contributed by atoms with Crippen LogP contribution in [0.15, 0.2) is 18.5 Å². The minimum atomic E-state index is 0.402. The van der Waals surface area contributed by atoms with Crippen molar-refractivity contribution in [3.63, 3.8) is 0 Å². The van der Waals surface area contributed by atoms with Gasteiger partial charge < -0.3 is 10.1 Å². The van der Waals surface area contributed by atoms with Crippen molar-refractivity contribution < 1.29 is 4.74 Å². The predicted molar refractivity (Wildman–Crippen MR) is 89.8 cm³/mol. The number of unbranched alkanes of at least 4 members (excludes halogenated alkanes) is 4. The van der Waals surface area contributed by atoms with Crippen LogP contribution in [0, 0.1) is 0 Å². The molecule has 3 heteroatoms. The largest absolute Gasteiger partial charge is 0.492 e. The fourth-order valence-electron chi connectivity index (χ4n) is 2.53. The van der Waals surface area contributed by atoms with E-state index in [0.717, 1.165) is 18.7 Å². The van der Waals surface area contributed by atoms with Crippen LogP contribution in [0.5, 0.6) is 5.75 Å². The van der Waals surface area contributed by atoms with Gasteiger partial charge in [0.2, 0.25) is 0 Å². The van der Waals surface area contributed by atoms with Gasteiger partial charge in [0.15, 0.2) is 0 Å². The lowest BCUT2D eigenvalue weighted by Gasteiger charge is -2.19. The number of rotatable bonds is 12. The molecule has 0 bridgehead atoms. The zero-order chi connectivity index (χ0) is 15.3. The van der Waals surface area contributed by atoms with Crippen LogP contribution in [-0.4, -0.2) is 18.1 Å². The van der Waals surface area contributed by atoms with Gasteiger partial charge >= 0.3 is 0 Å². The Hall–Kier alpha value is -1.09. The third kappa shape index (κ3) is 7.47. The Morgan fingerprint density at radius 2 is 1.86 bits per heavy atom. The van der Waals surface area contributed by atoms with Crippen molar-refractivity contribution >= 4 is 0 Å². The summed E-state index contributed by atoms with van der Waals surface area (Å²) in [5.41, 5.74) is 1.25. The van der Waals surface area contributed by atoms with Crippen molar-refractivity contribution in [2.45, 2.75) is 71.8 Å². The van der Waals surface area contributed by atoms with Gasteiger partial charge in [-0.25, -0.2) is 0 Å². The van der Waals surface area contributed by atoms with Gasteiger partial charge in [-0.15, -0.1) is 0 Å². The van der Waals surface area contributed by atoms with Crippen molar-refractivity contribution in [1.29, 1.82) is 0 Å². The topological polar surface area (TPSA) is 34.2 Å². The Labute approximate surface area is 130 Å². The Bertz CT molecular complexity index is 368. The van der Waals surface area contributed by atoms with Crippen molar-refractivity contribution in [3.8, 4) is 5.75 Å². The summed E-state index contributed by atoms with van der Waals surface area (Å²) in [7, 11) is 0. The highest BCUT2D eigenvalue weighted by Crippen LogP contribution is 2.23. The summed E-state index contributed by atoms with van der Waals surface area (Å²) in [6, 6.07) is 2.54. The number of pyridine rings is 1. The number of ether oxygens (including phenoxy) is 1. The van der Waals surface area contributed by atoms with Crippen molar-refractivity contribution in [2.24, 2.45) is 0 Å². The Kier molecular flexibility index (Phi) is 9.88. The Morgan fingerprint density at radius 1 is 1.05 bits per heavy atom. The van der Waals surface area contributed by atoms with Crippen LogP contribution in [0.2, 0.25) is 0 Å². The molecule has 0 amide bonds. The van der Waals surface area contributed by atoms with Gasteiger partial charge in [-0.2, -0.15) is 0 Å². The maximum absolute atomic E-state index is 5.57. The average Bonchev–Trinajstić information content (AvgIpc) is 2.51. The fraction of sp³-hybridized carbons (Fsp3) is 0.722. The molecule has 0 aliphatic rings. The quantitative estimate of drug-likeness (QED) is 0.557. The smallest absolute Gasteiger partial charge is 0.137 e. The molecule has 1 heterocycles. The van der Waals surface area contributed by atoms with Gasteiger partial charge in [0.25, 0.3) is 0 Å². The third-order valence-corrected chi connectivity index (χ3v) is 3.68. The van der Waals surface area contributed by atoms with Gasteiger partial charge in [-0.3, -0.25) is 4.98 Å². The first kappa shape index (κ1) is 18.0. The van der Waals surface area contributed by atoms with Crippen LogP contribution < -0.4 is 10.1 Å². The number of hydrogen-bond acceptors (Lipinski definition) is 3. The van der Waals surface area contributed by atoms with E-state index in [4.69, 9.17) is 4.74 Å². The normalized spacial score (nSPS) is 12.3. The maximum Gasteiger partial charge on any atom is 0.137 e. The van der Waals surface area contributed by atoms with Crippen molar-refractivity contribution in [3.05, 3.63) is 24.0 Å². The fourth-order valence-corrected chi connectivity index (χ4v) is 2.53. The van der Waals surface area contributed by atoms with Crippen LogP contribution in [0.3, 0.4) is 0 Å². The van der Waals surface area contributed by atoms with E-state index in [1.54, 1.807) is 6.20 Å². The zero-order valence-electron chi connectivity index (χ0n) is 14.0. The zero-order valence-corrected chi connectivity index (χ0v) is 14.0. The molecule has 0 aliphatic carbocycles. The Balaban J connectivity index is 2.56. The molecule has 1 aromatic heterocycles. The summed E-state index contributed by atoms with van der Waals surface area (Å²) >= 11 is 0. The lowest BCUT2D eigenvalue weighted by Crippen LogP contribution is -2.22.